The highest BCUT2D eigenvalue weighted by atomic mass is 127. The summed E-state index contributed by atoms with van der Waals surface area (Å²) in [6, 6.07) is 0.415. The molecule has 0 saturated heterocycles. The molecule has 2 N–H and O–H groups in total. The summed E-state index contributed by atoms with van der Waals surface area (Å²) in [7, 11) is 0. The summed E-state index contributed by atoms with van der Waals surface area (Å²) >= 11 is 2.01. The Morgan fingerprint density at radius 2 is 2.43 bits per heavy atom. The van der Waals surface area contributed by atoms with Crippen LogP contribution in [0.3, 0.4) is 0 Å². The fourth-order valence-electron chi connectivity index (χ4n) is 1.41. The molecule has 1 saturated carbocycles. The zero-order valence-corrected chi connectivity index (χ0v) is 10.0. The summed E-state index contributed by atoms with van der Waals surface area (Å²) in [4.78, 5) is 17.9. The van der Waals surface area contributed by atoms with Gasteiger partial charge in [0.2, 0.25) is 0 Å². The summed E-state index contributed by atoms with van der Waals surface area (Å²) in [5.74, 6) is 1.46. The Morgan fingerprint density at radius 3 is 3.07 bits per heavy atom. The molecule has 1 aliphatic rings. The van der Waals surface area contributed by atoms with Gasteiger partial charge in [-0.1, -0.05) is 0 Å². The van der Waals surface area contributed by atoms with Crippen LogP contribution in [0.2, 0.25) is 0 Å². The number of aromatic amines is 1. The second-order valence-electron chi connectivity index (χ2n) is 3.66. The largest absolute Gasteiger partial charge is 0.366 e. The highest BCUT2D eigenvalue weighted by Crippen LogP contribution is 2.33. The zero-order valence-electron chi connectivity index (χ0n) is 7.88. The van der Waals surface area contributed by atoms with Crippen molar-refractivity contribution in [1.29, 1.82) is 0 Å². The SMILES string of the molecule is CC(Nc1nc[nH]c(=O)c1I)C1CC1. The number of H-pyrrole nitrogens is 1. The van der Waals surface area contributed by atoms with Gasteiger partial charge >= 0.3 is 0 Å². The Balaban J connectivity index is 2.15. The van der Waals surface area contributed by atoms with Crippen molar-refractivity contribution in [3.05, 3.63) is 20.3 Å². The van der Waals surface area contributed by atoms with Gasteiger partial charge in [0.05, 0.1) is 6.33 Å². The average Bonchev–Trinajstić information content (AvgIpc) is 2.95. The molecule has 0 spiro atoms. The fraction of sp³-hybridized carbons (Fsp3) is 0.556. The molecule has 0 bridgehead atoms. The third kappa shape index (κ3) is 2.08. The van der Waals surface area contributed by atoms with Gasteiger partial charge in [-0.3, -0.25) is 4.79 Å². The van der Waals surface area contributed by atoms with E-state index in [-0.39, 0.29) is 5.56 Å². The van der Waals surface area contributed by atoms with E-state index < -0.39 is 0 Å². The maximum atomic E-state index is 11.3. The average molecular weight is 305 g/mol. The second kappa shape index (κ2) is 3.88. The smallest absolute Gasteiger partial charge is 0.266 e. The van der Waals surface area contributed by atoms with E-state index in [1.165, 1.54) is 19.2 Å². The molecule has 0 aliphatic heterocycles. The lowest BCUT2D eigenvalue weighted by Gasteiger charge is -2.13. The van der Waals surface area contributed by atoms with Crippen molar-refractivity contribution < 1.29 is 0 Å². The van der Waals surface area contributed by atoms with Crippen LogP contribution in [0, 0.1) is 9.49 Å². The minimum Gasteiger partial charge on any atom is -0.366 e. The predicted octanol–water partition coefficient (Wildman–Crippen LogP) is 1.58. The number of hydrogen-bond donors (Lipinski definition) is 2. The van der Waals surface area contributed by atoms with Gasteiger partial charge in [-0.15, -0.1) is 0 Å². The van der Waals surface area contributed by atoms with Gasteiger partial charge in [-0.2, -0.15) is 0 Å². The van der Waals surface area contributed by atoms with E-state index in [0.717, 1.165) is 5.92 Å². The summed E-state index contributed by atoms with van der Waals surface area (Å²) in [6.45, 7) is 2.14. The third-order valence-corrected chi connectivity index (χ3v) is 3.49. The molecule has 2 rings (SSSR count). The van der Waals surface area contributed by atoms with E-state index >= 15 is 0 Å². The number of halogens is 1. The minimum atomic E-state index is -0.0777. The van der Waals surface area contributed by atoms with Crippen LogP contribution in [0.5, 0.6) is 0 Å². The number of nitrogens with one attached hydrogen (secondary N) is 2. The summed E-state index contributed by atoms with van der Waals surface area (Å²) < 4.78 is 0.637. The Labute approximate surface area is 95.7 Å². The Morgan fingerprint density at radius 1 is 1.71 bits per heavy atom. The topological polar surface area (TPSA) is 57.8 Å². The molecule has 0 amide bonds. The van der Waals surface area contributed by atoms with Crippen LogP contribution in [0.15, 0.2) is 11.1 Å². The number of nitrogens with zero attached hydrogens (tertiary/aromatic N) is 1. The standard InChI is InChI=1S/C9H12IN3O/c1-5(6-2-3-6)13-8-7(10)9(14)12-4-11-8/h4-6H,2-3H2,1H3,(H2,11,12,13,14). The fourth-order valence-corrected chi connectivity index (χ4v) is 1.86. The highest BCUT2D eigenvalue weighted by Gasteiger charge is 2.28. The number of rotatable bonds is 3. The Kier molecular flexibility index (Phi) is 2.76. The first-order valence-electron chi connectivity index (χ1n) is 4.68. The highest BCUT2D eigenvalue weighted by molar-refractivity contribution is 14.1. The molecule has 0 aromatic carbocycles. The number of aromatic nitrogens is 2. The van der Waals surface area contributed by atoms with Gasteiger partial charge in [0.1, 0.15) is 9.39 Å². The first-order valence-corrected chi connectivity index (χ1v) is 5.76. The lowest BCUT2D eigenvalue weighted by atomic mass is 10.2. The predicted molar refractivity (Wildman–Crippen MR) is 63.4 cm³/mol. The summed E-state index contributed by atoms with van der Waals surface area (Å²) in [5.41, 5.74) is -0.0777. The molecule has 1 unspecified atom stereocenters. The Bertz CT molecular complexity index is 386. The molecule has 76 valence electrons. The lowest BCUT2D eigenvalue weighted by Crippen LogP contribution is -2.22. The quantitative estimate of drug-likeness (QED) is 0.834. The molecule has 1 aromatic heterocycles. The molecule has 5 heteroatoms. The van der Waals surface area contributed by atoms with Crippen LogP contribution in [0.25, 0.3) is 0 Å². The van der Waals surface area contributed by atoms with Crippen LogP contribution in [0.4, 0.5) is 5.82 Å². The molecule has 1 fully saturated rings. The van der Waals surface area contributed by atoms with Crippen LogP contribution in [-0.2, 0) is 0 Å². The van der Waals surface area contributed by atoms with Crippen molar-refractivity contribution in [1.82, 2.24) is 9.97 Å². The first-order chi connectivity index (χ1) is 6.68. The van der Waals surface area contributed by atoms with E-state index in [9.17, 15) is 4.79 Å². The third-order valence-electron chi connectivity index (χ3n) is 2.49. The normalized spacial score (nSPS) is 17.9. The van der Waals surface area contributed by atoms with Crippen molar-refractivity contribution in [3.63, 3.8) is 0 Å². The second-order valence-corrected chi connectivity index (χ2v) is 4.74. The zero-order chi connectivity index (χ0) is 10.1. The number of anilines is 1. The first kappa shape index (κ1) is 9.95. The summed E-state index contributed by atoms with van der Waals surface area (Å²) in [6.07, 6.45) is 4.01. The molecular weight excluding hydrogens is 293 g/mol. The summed E-state index contributed by atoms with van der Waals surface area (Å²) in [5, 5.41) is 3.27. The van der Waals surface area contributed by atoms with Crippen LogP contribution in [0.1, 0.15) is 19.8 Å². The molecule has 1 atom stereocenters. The van der Waals surface area contributed by atoms with Gasteiger partial charge in [0, 0.05) is 6.04 Å². The van der Waals surface area contributed by atoms with E-state index in [4.69, 9.17) is 0 Å². The van der Waals surface area contributed by atoms with Gasteiger partial charge in [-0.25, -0.2) is 4.98 Å². The van der Waals surface area contributed by atoms with E-state index in [1.54, 1.807) is 0 Å². The monoisotopic (exact) mass is 305 g/mol. The van der Waals surface area contributed by atoms with E-state index in [1.807, 2.05) is 22.6 Å². The van der Waals surface area contributed by atoms with Crippen LogP contribution in [-0.4, -0.2) is 16.0 Å². The maximum absolute atomic E-state index is 11.3. The molecule has 0 radical (unpaired) electrons. The lowest BCUT2D eigenvalue weighted by molar-refractivity contribution is 0.689. The molecule has 4 nitrogen and oxygen atoms in total. The van der Waals surface area contributed by atoms with Crippen molar-refractivity contribution in [3.8, 4) is 0 Å². The maximum Gasteiger partial charge on any atom is 0.266 e. The van der Waals surface area contributed by atoms with Crippen LogP contribution >= 0.6 is 22.6 Å². The van der Waals surface area contributed by atoms with E-state index in [2.05, 4.69) is 22.2 Å². The molecule has 1 aliphatic carbocycles. The molecule has 1 aromatic rings. The molecule has 14 heavy (non-hydrogen) atoms. The number of hydrogen-bond acceptors (Lipinski definition) is 3. The Hall–Kier alpha value is -0.590. The van der Waals surface area contributed by atoms with Gasteiger partial charge < -0.3 is 10.3 Å². The van der Waals surface area contributed by atoms with Gasteiger partial charge in [0.25, 0.3) is 5.56 Å². The molecular formula is C9H12IN3O. The van der Waals surface area contributed by atoms with Crippen molar-refractivity contribution in [2.75, 3.05) is 5.32 Å². The van der Waals surface area contributed by atoms with E-state index in [0.29, 0.717) is 15.4 Å². The van der Waals surface area contributed by atoms with Crippen LogP contribution < -0.4 is 10.9 Å². The van der Waals surface area contributed by atoms with Crippen molar-refractivity contribution in [2.24, 2.45) is 5.92 Å². The molecule has 1 heterocycles. The van der Waals surface area contributed by atoms with Gasteiger partial charge in [0.15, 0.2) is 0 Å². The van der Waals surface area contributed by atoms with Crippen molar-refractivity contribution in [2.45, 2.75) is 25.8 Å². The van der Waals surface area contributed by atoms with Crippen molar-refractivity contribution >= 4 is 28.4 Å². The van der Waals surface area contributed by atoms with Gasteiger partial charge in [-0.05, 0) is 48.3 Å². The minimum absolute atomic E-state index is 0.0777.